The van der Waals surface area contributed by atoms with Crippen LogP contribution in [0.5, 0.6) is 0 Å². The highest BCUT2D eigenvalue weighted by atomic mass is 35.5. The van der Waals surface area contributed by atoms with Crippen LogP contribution in [0.2, 0.25) is 10.0 Å². The molecule has 11 heteroatoms. The lowest BCUT2D eigenvalue weighted by Gasteiger charge is -2.32. The SMILES string of the molecule is CN(C)CCN1CCCc2cc(Nc3ncc4c(=N)n(-c5c(Cl)cccc5Cl)c(=O)[nH]c4n3)ccc21. The molecule has 0 saturated heterocycles. The van der Waals surface area contributed by atoms with Crippen LogP contribution in [-0.4, -0.2) is 58.1 Å². The van der Waals surface area contributed by atoms with E-state index < -0.39 is 5.69 Å². The van der Waals surface area contributed by atoms with Gasteiger partial charge in [-0.15, -0.1) is 0 Å². The van der Waals surface area contributed by atoms with E-state index in [2.05, 4.69) is 56.3 Å². The zero-order valence-electron chi connectivity index (χ0n) is 20.0. The Hall–Kier alpha value is -3.40. The van der Waals surface area contributed by atoms with Gasteiger partial charge in [-0.2, -0.15) is 4.98 Å². The first-order valence-corrected chi connectivity index (χ1v) is 12.4. The molecule has 2 aromatic heterocycles. The summed E-state index contributed by atoms with van der Waals surface area (Å²) in [5.41, 5.74) is 3.22. The Kier molecular flexibility index (Phi) is 6.70. The lowest BCUT2D eigenvalue weighted by atomic mass is 10.0. The molecule has 1 aliphatic heterocycles. The highest BCUT2D eigenvalue weighted by Gasteiger charge is 2.18. The minimum absolute atomic E-state index is 0.109. The van der Waals surface area contributed by atoms with Gasteiger partial charge in [0.1, 0.15) is 5.49 Å². The number of fused-ring (bicyclic) bond motifs is 2. The molecule has 0 radical (unpaired) electrons. The van der Waals surface area contributed by atoms with Gasteiger partial charge in [0.25, 0.3) is 0 Å². The maximum atomic E-state index is 12.9. The van der Waals surface area contributed by atoms with Gasteiger partial charge < -0.3 is 15.1 Å². The van der Waals surface area contributed by atoms with Crippen LogP contribution in [0.25, 0.3) is 16.7 Å². The van der Waals surface area contributed by atoms with Crippen molar-refractivity contribution in [3.05, 3.63) is 74.2 Å². The molecule has 3 N–H and O–H groups in total. The van der Waals surface area contributed by atoms with Crippen LogP contribution in [0, 0.1) is 5.41 Å². The molecule has 186 valence electrons. The molecule has 9 nitrogen and oxygen atoms in total. The molecule has 0 amide bonds. The number of benzene rings is 2. The summed E-state index contributed by atoms with van der Waals surface area (Å²) >= 11 is 12.6. The van der Waals surface area contributed by atoms with Crippen molar-refractivity contribution < 1.29 is 0 Å². The molecule has 0 spiro atoms. The summed E-state index contributed by atoms with van der Waals surface area (Å²) in [5.74, 6) is 0.325. The normalized spacial score (nSPS) is 13.3. The van der Waals surface area contributed by atoms with E-state index in [0.29, 0.717) is 11.3 Å². The number of rotatable bonds is 6. The highest BCUT2D eigenvalue weighted by molar-refractivity contribution is 6.37. The Balaban J connectivity index is 1.45. The lowest BCUT2D eigenvalue weighted by molar-refractivity contribution is 0.411. The van der Waals surface area contributed by atoms with Crippen molar-refractivity contribution in [3.63, 3.8) is 0 Å². The molecule has 0 aliphatic carbocycles. The summed E-state index contributed by atoms with van der Waals surface area (Å²) in [6.07, 6.45) is 3.63. The Bertz CT molecular complexity index is 1540. The molecular formula is C25H26Cl2N8O. The van der Waals surface area contributed by atoms with Crippen molar-refractivity contribution in [2.75, 3.05) is 43.9 Å². The topological polar surface area (TPSA) is 106 Å². The average Bonchev–Trinajstić information content (AvgIpc) is 2.84. The van der Waals surface area contributed by atoms with Gasteiger partial charge in [-0.1, -0.05) is 29.3 Å². The van der Waals surface area contributed by atoms with Gasteiger partial charge in [0, 0.05) is 37.2 Å². The number of nitrogens with zero attached hydrogens (tertiary/aromatic N) is 5. The lowest BCUT2D eigenvalue weighted by Crippen LogP contribution is -2.35. The summed E-state index contributed by atoms with van der Waals surface area (Å²) in [6, 6.07) is 11.2. The van der Waals surface area contributed by atoms with Crippen LogP contribution in [0.4, 0.5) is 17.3 Å². The van der Waals surface area contributed by atoms with Crippen molar-refractivity contribution in [2.45, 2.75) is 12.8 Å². The summed E-state index contributed by atoms with van der Waals surface area (Å²) in [6.45, 7) is 3.05. The van der Waals surface area contributed by atoms with Gasteiger partial charge in [0.15, 0.2) is 5.65 Å². The van der Waals surface area contributed by atoms with E-state index in [9.17, 15) is 4.79 Å². The molecule has 2 aromatic carbocycles. The number of halogens is 2. The van der Waals surface area contributed by atoms with Crippen molar-refractivity contribution in [1.82, 2.24) is 24.4 Å². The van der Waals surface area contributed by atoms with Crippen molar-refractivity contribution >= 4 is 51.6 Å². The van der Waals surface area contributed by atoms with E-state index in [4.69, 9.17) is 28.6 Å². The van der Waals surface area contributed by atoms with Crippen LogP contribution in [0.3, 0.4) is 0 Å². The maximum absolute atomic E-state index is 12.9. The zero-order valence-corrected chi connectivity index (χ0v) is 21.5. The molecular weight excluding hydrogens is 499 g/mol. The van der Waals surface area contributed by atoms with Crippen LogP contribution in [-0.2, 0) is 6.42 Å². The molecule has 5 rings (SSSR count). The standard InChI is InChI=1S/C25H26Cl2N8O/c1-33(2)11-12-34-10-4-5-15-13-16(8-9-20(15)34)30-24-29-14-17-22(28)35(25(36)32-23(17)31-24)21-18(26)6-3-7-19(21)27/h3,6-9,13-14,28H,4-5,10-12H2,1-2H3,(H2,29,30,31,32,36). The molecule has 0 bridgehead atoms. The predicted molar refractivity (Wildman–Crippen MR) is 144 cm³/mol. The van der Waals surface area contributed by atoms with Crippen LogP contribution in [0.15, 0.2) is 47.4 Å². The molecule has 1 aliphatic rings. The van der Waals surface area contributed by atoms with Gasteiger partial charge in [-0.25, -0.2) is 14.3 Å². The summed E-state index contributed by atoms with van der Waals surface area (Å²) in [4.78, 5) is 29.1. The monoisotopic (exact) mass is 524 g/mol. The quantitative estimate of drug-likeness (QED) is 0.352. The molecule has 3 heterocycles. The third-order valence-electron chi connectivity index (χ3n) is 6.22. The minimum Gasteiger partial charge on any atom is -0.370 e. The predicted octanol–water partition coefficient (Wildman–Crippen LogP) is 3.95. The van der Waals surface area contributed by atoms with Gasteiger partial charge in [-0.05, 0) is 62.8 Å². The van der Waals surface area contributed by atoms with E-state index in [1.807, 2.05) is 6.07 Å². The highest BCUT2D eigenvalue weighted by Crippen LogP contribution is 2.30. The zero-order chi connectivity index (χ0) is 25.4. The largest absolute Gasteiger partial charge is 0.370 e. The van der Waals surface area contributed by atoms with Gasteiger partial charge in [0.05, 0.1) is 21.1 Å². The van der Waals surface area contributed by atoms with Gasteiger partial charge in [0.2, 0.25) is 5.95 Å². The number of likely N-dealkylation sites (N-methyl/N-ethyl adjacent to an activating group) is 1. The number of anilines is 3. The molecule has 36 heavy (non-hydrogen) atoms. The van der Waals surface area contributed by atoms with Crippen molar-refractivity contribution in [3.8, 4) is 5.69 Å². The number of aryl methyl sites for hydroxylation is 1. The number of hydrogen-bond acceptors (Lipinski definition) is 7. The van der Waals surface area contributed by atoms with E-state index in [1.54, 1.807) is 18.2 Å². The van der Waals surface area contributed by atoms with Gasteiger partial charge >= 0.3 is 5.69 Å². The van der Waals surface area contributed by atoms with E-state index >= 15 is 0 Å². The molecule has 4 aromatic rings. The maximum Gasteiger partial charge on any atom is 0.333 e. The smallest absolute Gasteiger partial charge is 0.333 e. The number of nitrogens with one attached hydrogen (secondary N) is 3. The third kappa shape index (κ3) is 4.69. The second-order valence-electron chi connectivity index (χ2n) is 9.00. The fourth-order valence-electron chi connectivity index (χ4n) is 4.44. The number of para-hydroxylation sites is 1. The number of aromatic nitrogens is 4. The summed E-state index contributed by atoms with van der Waals surface area (Å²) in [7, 11) is 4.17. The van der Waals surface area contributed by atoms with Crippen molar-refractivity contribution in [2.24, 2.45) is 0 Å². The summed E-state index contributed by atoms with van der Waals surface area (Å²) in [5, 5.41) is 12.7. The van der Waals surface area contributed by atoms with E-state index in [1.165, 1.54) is 17.4 Å². The molecule has 0 saturated carbocycles. The Morgan fingerprint density at radius 1 is 1.19 bits per heavy atom. The van der Waals surface area contributed by atoms with Crippen LogP contribution < -0.4 is 21.4 Å². The summed E-state index contributed by atoms with van der Waals surface area (Å²) < 4.78 is 1.12. The Labute approximate surface area is 217 Å². The average molecular weight is 525 g/mol. The fraction of sp³-hybridized carbons (Fsp3) is 0.280. The Morgan fingerprint density at radius 3 is 2.72 bits per heavy atom. The fourth-order valence-corrected chi connectivity index (χ4v) is 5.01. The van der Waals surface area contributed by atoms with Crippen LogP contribution in [0.1, 0.15) is 12.0 Å². The molecule has 0 unspecified atom stereocenters. The first-order valence-electron chi connectivity index (χ1n) is 11.6. The molecule has 0 fully saturated rings. The van der Waals surface area contributed by atoms with Gasteiger partial charge in [-0.3, -0.25) is 10.4 Å². The van der Waals surface area contributed by atoms with E-state index in [0.717, 1.165) is 42.7 Å². The van der Waals surface area contributed by atoms with E-state index in [-0.39, 0.29) is 26.9 Å². The Morgan fingerprint density at radius 2 is 1.97 bits per heavy atom. The minimum atomic E-state index is -0.571. The van der Waals surface area contributed by atoms with Crippen LogP contribution >= 0.6 is 23.2 Å². The number of aromatic amines is 1. The second-order valence-corrected chi connectivity index (χ2v) is 9.82. The molecule has 0 atom stereocenters. The second kappa shape index (κ2) is 9.93. The first kappa shape index (κ1) is 24.3. The third-order valence-corrected chi connectivity index (χ3v) is 6.83. The first-order chi connectivity index (χ1) is 17.3. The number of hydrogen-bond donors (Lipinski definition) is 3. The number of H-pyrrole nitrogens is 1. The van der Waals surface area contributed by atoms with Crippen molar-refractivity contribution in [1.29, 1.82) is 5.41 Å².